The number of nitrogens with two attached hydrogens (primary N) is 1. The van der Waals surface area contributed by atoms with Gasteiger partial charge in [0.05, 0.1) is 0 Å². The van der Waals surface area contributed by atoms with Gasteiger partial charge in [-0.1, -0.05) is 12.1 Å². The van der Waals surface area contributed by atoms with Crippen molar-refractivity contribution in [3.63, 3.8) is 0 Å². The Morgan fingerprint density at radius 1 is 1.00 bits per heavy atom. The van der Waals surface area contributed by atoms with Gasteiger partial charge in [0, 0.05) is 5.69 Å². The zero-order chi connectivity index (χ0) is 9.99. The summed E-state index contributed by atoms with van der Waals surface area (Å²) in [5.41, 5.74) is 10.3. The summed E-state index contributed by atoms with van der Waals surface area (Å²) in [6.45, 7) is 0. The van der Waals surface area contributed by atoms with E-state index in [0.29, 0.717) is 0 Å². The molecule has 3 unspecified atom stereocenters. The predicted octanol–water partition coefficient (Wildman–Crippen LogP) is 3.27. The fourth-order valence-electron chi connectivity index (χ4n) is 4.22. The molecule has 0 saturated heterocycles. The second kappa shape index (κ2) is 2.58. The molecule has 0 aromatic heterocycles. The van der Waals surface area contributed by atoms with Crippen molar-refractivity contribution >= 4 is 5.69 Å². The molecule has 1 aromatic rings. The Labute approximate surface area is 90.7 Å². The van der Waals surface area contributed by atoms with Crippen LogP contribution in [0.5, 0.6) is 0 Å². The van der Waals surface area contributed by atoms with Crippen LogP contribution >= 0.6 is 0 Å². The minimum atomic E-state index is 0.818. The third-order valence-corrected chi connectivity index (χ3v) is 4.83. The van der Waals surface area contributed by atoms with Gasteiger partial charge in [-0.2, -0.15) is 0 Å². The highest BCUT2D eigenvalue weighted by molar-refractivity contribution is 5.58. The topological polar surface area (TPSA) is 26.0 Å². The molecule has 0 amide bonds. The molecule has 2 saturated carbocycles. The van der Waals surface area contributed by atoms with E-state index in [2.05, 4.69) is 18.2 Å². The van der Waals surface area contributed by atoms with E-state index < -0.39 is 0 Å². The van der Waals surface area contributed by atoms with E-state index in [1.807, 2.05) is 0 Å². The molecule has 1 nitrogen and oxygen atoms in total. The molecule has 0 spiro atoms. The van der Waals surface area contributed by atoms with Crippen LogP contribution in [-0.2, 0) is 0 Å². The van der Waals surface area contributed by atoms with Gasteiger partial charge in [-0.15, -0.1) is 0 Å². The van der Waals surface area contributed by atoms with E-state index in [0.717, 1.165) is 29.4 Å². The molecule has 3 atom stereocenters. The Bertz CT molecular complexity index is 419. The normalized spacial score (nSPS) is 36.9. The third-order valence-electron chi connectivity index (χ3n) is 4.83. The first-order chi connectivity index (χ1) is 7.36. The molecule has 0 radical (unpaired) electrons. The van der Waals surface area contributed by atoms with Gasteiger partial charge in [0.25, 0.3) is 0 Å². The standard InChI is InChI=1S/C14H17N/c15-12-3-1-2-9-10-6-7-11(14(9)12)13(10)8-4-5-8/h1-3,8,10-11,13H,4-7,15H2. The Hall–Kier alpha value is -0.980. The van der Waals surface area contributed by atoms with Gasteiger partial charge in [0.15, 0.2) is 0 Å². The van der Waals surface area contributed by atoms with Crippen LogP contribution in [0.4, 0.5) is 5.69 Å². The maximum Gasteiger partial charge on any atom is 0.0352 e. The molecule has 3 aliphatic carbocycles. The van der Waals surface area contributed by atoms with Crippen molar-refractivity contribution in [1.29, 1.82) is 0 Å². The van der Waals surface area contributed by atoms with Crippen LogP contribution in [0.3, 0.4) is 0 Å². The molecule has 1 aromatic carbocycles. The minimum absolute atomic E-state index is 0.818. The Balaban J connectivity index is 1.88. The zero-order valence-corrected chi connectivity index (χ0v) is 8.95. The molecule has 2 fully saturated rings. The predicted molar refractivity (Wildman–Crippen MR) is 61.8 cm³/mol. The van der Waals surface area contributed by atoms with Crippen LogP contribution in [0.1, 0.15) is 48.6 Å². The monoisotopic (exact) mass is 199 g/mol. The average molecular weight is 199 g/mol. The fourth-order valence-corrected chi connectivity index (χ4v) is 4.22. The van der Waals surface area contributed by atoms with Crippen molar-refractivity contribution in [2.75, 3.05) is 5.73 Å². The van der Waals surface area contributed by atoms with E-state index in [4.69, 9.17) is 5.73 Å². The SMILES string of the molecule is Nc1cccc2c1C1CCC2C1C1CC1. The van der Waals surface area contributed by atoms with Crippen LogP contribution in [0.25, 0.3) is 0 Å². The Kier molecular flexibility index (Phi) is 1.41. The van der Waals surface area contributed by atoms with E-state index >= 15 is 0 Å². The van der Waals surface area contributed by atoms with Crippen molar-refractivity contribution in [1.82, 2.24) is 0 Å². The molecule has 15 heavy (non-hydrogen) atoms. The second-order valence-corrected chi connectivity index (χ2v) is 5.56. The average Bonchev–Trinajstić information content (AvgIpc) is 2.93. The Morgan fingerprint density at radius 3 is 2.53 bits per heavy atom. The van der Waals surface area contributed by atoms with Crippen LogP contribution in [-0.4, -0.2) is 0 Å². The highest BCUT2D eigenvalue weighted by Gasteiger charge is 2.52. The lowest BCUT2D eigenvalue weighted by Crippen LogP contribution is -2.06. The van der Waals surface area contributed by atoms with Crippen LogP contribution < -0.4 is 5.73 Å². The minimum Gasteiger partial charge on any atom is -0.398 e. The first kappa shape index (κ1) is 8.20. The van der Waals surface area contributed by atoms with E-state index in [9.17, 15) is 0 Å². The quantitative estimate of drug-likeness (QED) is 0.690. The molecule has 0 aliphatic heterocycles. The summed E-state index contributed by atoms with van der Waals surface area (Å²) in [7, 11) is 0. The van der Waals surface area contributed by atoms with Crippen molar-refractivity contribution < 1.29 is 0 Å². The summed E-state index contributed by atoms with van der Waals surface area (Å²) < 4.78 is 0. The summed E-state index contributed by atoms with van der Waals surface area (Å²) in [5.74, 6) is 3.68. The van der Waals surface area contributed by atoms with Crippen LogP contribution in [0, 0.1) is 11.8 Å². The molecule has 0 heterocycles. The van der Waals surface area contributed by atoms with Gasteiger partial charge in [-0.3, -0.25) is 0 Å². The molecular weight excluding hydrogens is 182 g/mol. The summed E-state index contributed by atoms with van der Waals surface area (Å²) >= 11 is 0. The lowest BCUT2D eigenvalue weighted by atomic mass is 9.90. The number of nitrogen functional groups attached to an aromatic ring is 1. The molecule has 4 rings (SSSR count). The molecule has 78 valence electrons. The van der Waals surface area contributed by atoms with E-state index in [-0.39, 0.29) is 0 Å². The van der Waals surface area contributed by atoms with Crippen molar-refractivity contribution in [3.05, 3.63) is 29.3 Å². The summed E-state index contributed by atoms with van der Waals surface area (Å²) in [4.78, 5) is 0. The highest BCUT2D eigenvalue weighted by atomic mass is 14.6. The molecular formula is C14H17N. The van der Waals surface area contributed by atoms with Crippen molar-refractivity contribution in [3.8, 4) is 0 Å². The zero-order valence-electron chi connectivity index (χ0n) is 8.95. The van der Waals surface area contributed by atoms with Gasteiger partial charge in [0.2, 0.25) is 0 Å². The maximum absolute atomic E-state index is 6.14. The van der Waals surface area contributed by atoms with Gasteiger partial charge >= 0.3 is 0 Å². The summed E-state index contributed by atoms with van der Waals surface area (Å²) in [6.07, 6.45) is 5.77. The van der Waals surface area contributed by atoms with Crippen molar-refractivity contribution in [2.45, 2.75) is 37.5 Å². The van der Waals surface area contributed by atoms with Gasteiger partial charge < -0.3 is 5.73 Å². The van der Waals surface area contributed by atoms with E-state index in [1.54, 1.807) is 5.56 Å². The second-order valence-electron chi connectivity index (χ2n) is 5.56. The van der Waals surface area contributed by atoms with E-state index in [1.165, 1.54) is 31.2 Å². The number of hydrogen-bond donors (Lipinski definition) is 1. The smallest absolute Gasteiger partial charge is 0.0352 e. The van der Waals surface area contributed by atoms with Gasteiger partial charge in [-0.25, -0.2) is 0 Å². The van der Waals surface area contributed by atoms with Gasteiger partial charge in [0.1, 0.15) is 0 Å². The highest BCUT2D eigenvalue weighted by Crippen LogP contribution is 2.64. The number of fused-ring (bicyclic) bond motifs is 5. The largest absolute Gasteiger partial charge is 0.398 e. The molecule has 2 N–H and O–H groups in total. The van der Waals surface area contributed by atoms with Crippen LogP contribution in [0.2, 0.25) is 0 Å². The number of rotatable bonds is 1. The van der Waals surface area contributed by atoms with Crippen molar-refractivity contribution in [2.24, 2.45) is 11.8 Å². The number of anilines is 1. The number of hydrogen-bond acceptors (Lipinski definition) is 1. The third kappa shape index (κ3) is 0.940. The fraction of sp³-hybridized carbons (Fsp3) is 0.571. The molecule has 1 heteroatoms. The molecule has 2 bridgehead atoms. The maximum atomic E-state index is 6.14. The molecule has 3 aliphatic rings. The summed E-state index contributed by atoms with van der Waals surface area (Å²) in [6, 6.07) is 6.55. The number of benzene rings is 1. The lowest BCUT2D eigenvalue weighted by Gasteiger charge is -2.16. The Morgan fingerprint density at radius 2 is 1.80 bits per heavy atom. The summed E-state index contributed by atoms with van der Waals surface area (Å²) in [5, 5.41) is 0. The lowest BCUT2D eigenvalue weighted by molar-refractivity contribution is 0.422. The van der Waals surface area contributed by atoms with Crippen LogP contribution in [0.15, 0.2) is 18.2 Å². The van der Waals surface area contributed by atoms with Gasteiger partial charge in [-0.05, 0) is 66.5 Å². The first-order valence-electron chi connectivity index (χ1n) is 6.24. The first-order valence-corrected chi connectivity index (χ1v) is 6.24.